The van der Waals surface area contributed by atoms with Crippen LogP contribution >= 0.6 is 0 Å². The van der Waals surface area contributed by atoms with Crippen molar-refractivity contribution in [2.24, 2.45) is 28.1 Å². The Labute approximate surface area is 226 Å². The van der Waals surface area contributed by atoms with Crippen LogP contribution in [0.2, 0.25) is 0 Å². The number of ketones is 2. The van der Waals surface area contributed by atoms with Gasteiger partial charge in [0.15, 0.2) is 11.4 Å². The number of fused-ring (bicyclic) bond motifs is 3. The first-order chi connectivity index (χ1) is 18.1. The lowest BCUT2D eigenvalue weighted by molar-refractivity contribution is -0.147. The molecule has 1 fully saturated rings. The van der Waals surface area contributed by atoms with E-state index in [4.69, 9.17) is 10.6 Å². The SMILES string of the molecule is CO/N=C(\C)c1cc(CNCC(C)(C)C)c(O)c2c1C[C@H]1C[C@H]3CC(=O)C(C(N)=O)=C(O)[C@@]3(O)C(=O)C1=C2O. The van der Waals surface area contributed by atoms with Gasteiger partial charge >= 0.3 is 0 Å². The smallest absolute Gasteiger partial charge is 0.255 e. The van der Waals surface area contributed by atoms with E-state index in [0.29, 0.717) is 28.9 Å². The number of nitrogens with two attached hydrogens (primary N) is 1. The number of oxime groups is 1. The zero-order valence-electron chi connectivity index (χ0n) is 22.7. The summed E-state index contributed by atoms with van der Waals surface area (Å²) in [7, 11) is 1.40. The summed E-state index contributed by atoms with van der Waals surface area (Å²) in [5.74, 6) is -6.58. The Balaban J connectivity index is 1.90. The normalized spacial score (nSPS) is 25.3. The number of nitrogens with zero attached hydrogens (tertiary/aromatic N) is 1. The second-order valence-electron chi connectivity index (χ2n) is 11.7. The van der Waals surface area contributed by atoms with Gasteiger partial charge in [-0.3, -0.25) is 14.4 Å². The number of phenolic OH excluding ortho intramolecular Hbond substituents is 1. The lowest BCUT2D eigenvalue weighted by Gasteiger charge is -2.46. The molecule has 1 aromatic carbocycles. The predicted molar refractivity (Wildman–Crippen MR) is 142 cm³/mol. The Morgan fingerprint density at radius 3 is 2.49 bits per heavy atom. The van der Waals surface area contributed by atoms with E-state index < -0.39 is 52.0 Å². The molecule has 1 saturated carbocycles. The third-order valence-corrected chi connectivity index (χ3v) is 7.73. The molecule has 0 aromatic heterocycles. The number of Topliss-reactive ketones (excluding diaryl/α,β-unsaturated/α-hetero) is 2. The second kappa shape index (κ2) is 9.80. The fraction of sp³-hybridized carbons (Fsp3) is 0.500. The number of aliphatic hydroxyl groups excluding tert-OH is 2. The Morgan fingerprint density at radius 1 is 1.23 bits per heavy atom. The number of amides is 1. The maximum atomic E-state index is 13.8. The van der Waals surface area contributed by atoms with Gasteiger partial charge in [-0.15, -0.1) is 0 Å². The number of nitrogens with one attached hydrogen (secondary N) is 1. The fourth-order valence-corrected chi connectivity index (χ4v) is 5.96. The van der Waals surface area contributed by atoms with Crippen LogP contribution in [-0.2, 0) is 32.2 Å². The van der Waals surface area contributed by atoms with Gasteiger partial charge < -0.3 is 36.3 Å². The van der Waals surface area contributed by atoms with E-state index >= 15 is 0 Å². The number of benzene rings is 1. The predicted octanol–water partition coefficient (Wildman–Crippen LogP) is 1.93. The highest BCUT2D eigenvalue weighted by Gasteiger charge is 2.60. The van der Waals surface area contributed by atoms with Crippen molar-refractivity contribution in [2.45, 2.75) is 59.1 Å². The van der Waals surface area contributed by atoms with Gasteiger partial charge in [-0.05, 0) is 42.7 Å². The van der Waals surface area contributed by atoms with Gasteiger partial charge in [0.05, 0.1) is 11.3 Å². The van der Waals surface area contributed by atoms with Gasteiger partial charge in [-0.25, -0.2) is 0 Å². The molecular formula is C28H35N3O8. The molecule has 0 heterocycles. The van der Waals surface area contributed by atoms with Gasteiger partial charge in [-0.2, -0.15) is 0 Å². The van der Waals surface area contributed by atoms with Gasteiger partial charge in [0, 0.05) is 42.1 Å². The van der Waals surface area contributed by atoms with Crippen molar-refractivity contribution in [2.75, 3.05) is 13.7 Å². The third-order valence-electron chi connectivity index (χ3n) is 7.73. The summed E-state index contributed by atoms with van der Waals surface area (Å²) in [6.45, 7) is 8.79. The molecule has 0 aliphatic heterocycles. The minimum atomic E-state index is -2.60. The molecule has 1 aromatic rings. The zero-order chi connectivity index (χ0) is 29.0. The Bertz CT molecular complexity index is 1370. The lowest BCUT2D eigenvalue weighted by Crippen LogP contribution is -2.58. The summed E-state index contributed by atoms with van der Waals surface area (Å²) in [4.78, 5) is 43.1. The lowest BCUT2D eigenvalue weighted by atomic mass is 9.59. The molecule has 11 heteroatoms. The van der Waals surface area contributed by atoms with Crippen molar-refractivity contribution in [1.29, 1.82) is 0 Å². The summed E-state index contributed by atoms with van der Waals surface area (Å²) in [5, 5.41) is 52.3. The van der Waals surface area contributed by atoms with Crippen LogP contribution in [0, 0.1) is 17.3 Å². The highest BCUT2D eigenvalue weighted by molar-refractivity contribution is 6.22. The van der Waals surface area contributed by atoms with E-state index in [1.807, 2.05) is 0 Å². The number of rotatable bonds is 6. The topological polar surface area (TPSA) is 192 Å². The van der Waals surface area contributed by atoms with Gasteiger partial charge in [0.2, 0.25) is 5.78 Å². The van der Waals surface area contributed by atoms with E-state index in [2.05, 4.69) is 31.2 Å². The average molecular weight is 542 g/mol. The Morgan fingerprint density at radius 2 is 1.90 bits per heavy atom. The molecule has 1 amide bonds. The number of carbonyl (C=O) groups is 3. The Kier molecular flexibility index (Phi) is 7.11. The Hall–Kier alpha value is -3.70. The molecule has 7 N–H and O–H groups in total. The van der Waals surface area contributed by atoms with E-state index in [0.717, 1.165) is 0 Å². The van der Waals surface area contributed by atoms with Gasteiger partial charge in [-0.1, -0.05) is 25.9 Å². The molecule has 3 aliphatic carbocycles. The summed E-state index contributed by atoms with van der Waals surface area (Å²) in [5.41, 5.74) is 3.71. The highest BCUT2D eigenvalue weighted by Crippen LogP contribution is 2.52. The average Bonchev–Trinajstić information content (AvgIpc) is 2.81. The maximum absolute atomic E-state index is 13.8. The van der Waals surface area contributed by atoms with Gasteiger partial charge in [0.1, 0.15) is 30.0 Å². The summed E-state index contributed by atoms with van der Waals surface area (Å²) < 4.78 is 0. The van der Waals surface area contributed by atoms with Crippen LogP contribution in [0.4, 0.5) is 0 Å². The molecule has 0 saturated heterocycles. The van der Waals surface area contributed by atoms with Crippen LogP contribution in [-0.4, -0.2) is 62.9 Å². The molecule has 210 valence electrons. The minimum absolute atomic E-state index is 0.0258. The highest BCUT2D eigenvalue weighted by atomic mass is 16.6. The van der Waals surface area contributed by atoms with E-state index in [9.17, 15) is 34.8 Å². The molecule has 3 aliphatic rings. The second-order valence-corrected chi connectivity index (χ2v) is 11.7. The summed E-state index contributed by atoms with van der Waals surface area (Å²) in [6.07, 6.45) is -0.134. The quantitative estimate of drug-likeness (QED) is 0.177. The van der Waals surface area contributed by atoms with Crippen LogP contribution in [0.5, 0.6) is 5.75 Å². The van der Waals surface area contributed by atoms with Crippen molar-refractivity contribution < 1.29 is 39.6 Å². The number of phenols is 1. The maximum Gasteiger partial charge on any atom is 0.255 e. The van der Waals surface area contributed by atoms with E-state index in [1.54, 1.807) is 13.0 Å². The van der Waals surface area contributed by atoms with Crippen molar-refractivity contribution in [1.82, 2.24) is 5.32 Å². The molecule has 0 spiro atoms. The number of primary amides is 1. The molecule has 0 unspecified atom stereocenters. The largest absolute Gasteiger partial charge is 0.508 e. The minimum Gasteiger partial charge on any atom is -0.508 e. The first-order valence-electron chi connectivity index (χ1n) is 12.8. The monoisotopic (exact) mass is 541 g/mol. The van der Waals surface area contributed by atoms with Crippen LogP contribution in [0.1, 0.15) is 62.8 Å². The van der Waals surface area contributed by atoms with E-state index in [1.165, 1.54) is 7.11 Å². The zero-order valence-corrected chi connectivity index (χ0v) is 22.7. The molecule has 0 bridgehead atoms. The van der Waals surface area contributed by atoms with Crippen LogP contribution in [0.25, 0.3) is 5.76 Å². The van der Waals surface area contributed by atoms with Crippen LogP contribution in [0.3, 0.4) is 0 Å². The molecule has 0 radical (unpaired) electrons. The number of hydrogen-bond donors (Lipinski definition) is 6. The van der Waals surface area contributed by atoms with Gasteiger partial charge in [0.25, 0.3) is 5.91 Å². The van der Waals surface area contributed by atoms with Crippen molar-refractivity contribution in [3.8, 4) is 5.75 Å². The van der Waals surface area contributed by atoms with Crippen LogP contribution < -0.4 is 11.1 Å². The van der Waals surface area contributed by atoms with Crippen molar-refractivity contribution in [3.05, 3.63) is 45.2 Å². The molecule has 3 atom stereocenters. The van der Waals surface area contributed by atoms with Crippen molar-refractivity contribution in [3.63, 3.8) is 0 Å². The number of carbonyl (C=O) groups excluding carboxylic acids is 3. The summed E-state index contributed by atoms with van der Waals surface area (Å²) >= 11 is 0. The number of aromatic hydroxyl groups is 1. The van der Waals surface area contributed by atoms with E-state index in [-0.39, 0.29) is 48.1 Å². The molecular weight excluding hydrogens is 506 g/mol. The standard InChI is InChI=1S/C28H35N3O8/c1-12(31-39-5)16-8-14(10-30-11-27(2,3)4)22(33)20-17(16)7-13-6-15-9-18(32)21(26(29)37)25(36)28(15,38)24(35)19(13)23(20)34/h8,13,15,30,33-34,36,38H,6-7,9-11H2,1-5H3,(H2,29,37)/b31-12+/t13-,15+,28+/m1/s1. The summed E-state index contributed by atoms with van der Waals surface area (Å²) in [6, 6.07) is 1.76. The van der Waals surface area contributed by atoms with Crippen molar-refractivity contribution >= 4 is 28.9 Å². The molecule has 39 heavy (non-hydrogen) atoms. The number of aliphatic hydroxyl groups is 3. The number of hydrogen-bond acceptors (Lipinski definition) is 10. The third kappa shape index (κ3) is 4.59. The first kappa shape index (κ1) is 28.3. The fourth-order valence-electron chi connectivity index (χ4n) is 5.96. The first-order valence-corrected chi connectivity index (χ1v) is 12.8. The molecule has 11 nitrogen and oxygen atoms in total. The molecule has 4 rings (SSSR count). The van der Waals surface area contributed by atoms with Crippen LogP contribution in [0.15, 0.2) is 28.1 Å².